The lowest BCUT2D eigenvalue weighted by atomic mass is 9.78. The summed E-state index contributed by atoms with van der Waals surface area (Å²) in [6.07, 6.45) is 3.74. The van der Waals surface area contributed by atoms with Crippen LogP contribution in [0.1, 0.15) is 36.1 Å². The third-order valence-electron chi connectivity index (χ3n) is 4.33. The van der Waals surface area contributed by atoms with Gasteiger partial charge in [-0.05, 0) is 52.5 Å². The van der Waals surface area contributed by atoms with E-state index in [2.05, 4.69) is 21.2 Å². The van der Waals surface area contributed by atoms with Gasteiger partial charge in [-0.15, -0.1) is 11.3 Å². The zero-order valence-corrected chi connectivity index (χ0v) is 14.5. The van der Waals surface area contributed by atoms with Gasteiger partial charge in [0, 0.05) is 14.7 Å². The molecule has 1 amide bonds. The van der Waals surface area contributed by atoms with Crippen molar-refractivity contribution in [2.45, 2.75) is 37.6 Å². The Morgan fingerprint density at radius 3 is 2.55 bits per heavy atom. The second-order valence-corrected chi connectivity index (χ2v) is 7.62. The molecule has 0 bridgehead atoms. The van der Waals surface area contributed by atoms with Crippen molar-refractivity contribution in [3.05, 3.63) is 56.4 Å². The number of thiophene rings is 1. The van der Waals surface area contributed by atoms with Gasteiger partial charge in [-0.2, -0.15) is 0 Å². The van der Waals surface area contributed by atoms with Crippen molar-refractivity contribution in [3.8, 4) is 0 Å². The number of carbonyl (C=O) groups is 1. The molecule has 2 nitrogen and oxygen atoms in total. The molecule has 1 fully saturated rings. The molecule has 0 unspecified atom stereocenters. The Bertz CT molecular complexity index is 662. The van der Waals surface area contributed by atoms with Crippen LogP contribution < -0.4 is 5.32 Å². The van der Waals surface area contributed by atoms with Gasteiger partial charge >= 0.3 is 0 Å². The van der Waals surface area contributed by atoms with Crippen molar-refractivity contribution in [1.29, 1.82) is 0 Å². The van der Waals surface area contributed by atoms with E-state index < -0.39 is 5.41 Å². The van der Waals surface area contributed by atoms with Gasteiger partial charge in [0.15, 0.2) is 0 Å². The Labute approximate surface area is 141 Å². The highest BCUT2D eigenvalue weighted by molar-refractivity contribution is 9.10. The van der Waals surface area contributed by atoms with Crippen LogP contribution in [0.3, 0.4) is 0 Å². The Morgan fingerprint density at radius 2 is 1.95 bits per heavy atom. The van der Waals surface area contributed by atoms with Crippen molar-refractivity contribution < 1.29 is 9.18 Å². The molecule has 0 radical (unpaired) electrons. The summed E-state index contributed by atoms with van der Waals surface area (Å²) in [6.45, 7) is 0.540. The van der Waals surface area contributed by atoms with Gasteiger partial charge in [0.25, 0.3) is 0 Å². The molecule has 1 aromatic heterocycles. The SMILES string of the molecule is O=C(NCc1cc(Br)cs1)C1(c2ccc(F)cc2)CCCC1. The molecule has 3 rings (SSSR count). The van der Waals surface area contributed by atoms with Crippen LogP contribution >= 0.6 is 27.3 Å². The van der Waals surface area contributed by atoms with E-state index in [1.165, 1.54) is 12.1 Å². The Kier molecular flexibility index (Phi) is 4.64. The number of amides is 1. The standard InChI is InChI=1S/C17H17BrFNOS/c18-13-9-15(22-11-13)10-20-16(21)17(7-1-2-8-17)12-3-5-14(19)6-4-12/h3-6,9,11H,1-2,7-8,10H2,(H,20,21). The fraction of sp³-hybridized carbons (Fsp3) is 0.353. The third kappa shape index (κ3) is 3.10. The van der Waals surface area contributed by atoms with Gasteiger partial charge in [-0.3, -0.25) is 4.79 Å². The number of hydrogen-bond acceptors (Lipinski definition) is 2. The number of carbonyl (C=O) groups excluding carboxylic acids is 1. The monoisotopic (exact) mass is 381 g/mol. The normalized spacial score (nSPS) is 16.6. The van der Waals surface area contributed by atoms with Gasteiger partial charge in [-0.25, -0.2) is 4.39 Å². The van der Waals surface area contributed by atoms with Gasteiger partial charge in [-0.1, -0.05) is 25.0 Å². The van der Waals surface area contributed by atoms with Crippen LogP contribution in [0.15, 0.2) is 40.2 Å². The molecule has 1 N–H and O–H groups in total. The van der Waals surface area contributed by atoms with Crippen molar-refractivity contribution >= 4 is 33.2 Å². The summed E-state index contributed by atoms with van der Waals surface area (Å²) >= 11 is 5.04. The third-order valence-corrected chi connectivity index (χ3v) is 6.03. The lowest BCUT2D eigenvalue weighted by molar-refractivity contribution is -0.126. The van der Waals surface area contributed by atoms with Crippen LogP contribution in [0.25, 0.3) is 0 Å². The lowest BCUT2D eigenvalue weighted by Crippen LogP contribution is -2.42. The molecule has 1 saturated carbocycles. The van der Waals surface area contributed by atoms with E-state index >= 15 is 0 Å². The van der Waals surface area contributed by atoms with Gasteiger partial charge in [0.05, 0.1) is 12.0 Å². The first kappa shape index (κ1) is 15.7. The van der Waals surface area contributed by atoms with E-state index in [1.54, 1.807) is 23.5 Å². The van der Waals surface area contributed by atoms with E-state index in [0.29, 0.717) is 6.54 Å². The highest BCUT2D eigenvalue weighted by Crippen LogP contribution is 2.41. The molecular weight excluding hydrogens is 365 g/mol. The minimum absolute atomic E-state index is 0.0566. The predicted molar refractivity (Wildman–Crippen MR) is 90.4 cm³/mol. The zero-order chi connectivity index (χ0) is 15.6. The summed E-state index contributed by atoms with van der Waals surface area (Å²) < 4.78 is 14.2. The van der Waals surface area contributed by atoms with Gasteiger partial charge in [0.1, 0.15) is 5.82 Å². The maximum absolute atomic E-state index is 13.2. The molecule has 22 heavy (non-hydrogen) atoms. The molecule has 0 aliphatic heterocycles. The van der Waals surface area contributed by atoms with E-state index in [4.69, 9.17) is 0 Å². The fourth-order valence-corrected chi connectivity index (χ4v) is 4.57. The predicted octanol–water partition coefficient (Wildman–Crippen LogP) is 4.78. The first-order chi connectivity index (χ1) is 10.6. The molecule has 0 atom stereocenters. The maximum Gasteiger partial charge on any atom is 0.230 e. The molecular formula is C17H17BrFNOS. The average molecular weight is 382 g/mol. The summed E-state index contributed by atoms with van der Waals surface area (Å²) in [6, 6.07) is 8.41. The summed E-state index contributed by atoms with van der Waals surface area (Å²) in [5.74, 6) is -0.207. The first-order valence-electron chi connectivity index (χ1n) is 7.37. The number of hydrogen-bond donors (Lipinski definition) is 1. The lowest BCUT2D eigenvalue weighted by Gasteiger charge is -2.28. The minimum Gasteiger partial charge on any atom is -0.350 e. The smallest absolute Gasteiger partial charge is 0.230 e. The number of rotatable bonds is 4. The van der Waals surface area contributed by atoms with Crippen molar-refractivity contribution in [2.75, 3.05) is 0 Å². The Morgan fingerprint density at radius 1 is 1.27 bits per heavy atom. The van der Waals surface area contributed by atoms with E-state index in [-0.39, 0.29) is 11.7 Å². The molecule has 5 heteroatoms. The second-order valence-electron chi connectivity index (χ2n) is 5.71. The van der Waals surface area contributed by atoms with Crippen LogP contribution in [0, 0.1) is 5.82 Å². The maximum atomic E-state index is 13.2. The summed E-state index contributed by atoms with van der Waals surface area (Å²) in [4.78, 5) is 13.9. The molecule has 0 saturated heterocycles. The molecule has 1 aromatic carbocycles. The molecule has 2 aromatic rings. The van der Waals surface area contributed by atoms with Crippen molar-refractivity contribution in [2.24, 2.45) is 0 Å². The fourth-order valence-electron chi connectivity index (χ4n) is 3.18. The van der Waals surface area contributed by atoms with Crippen LogP contribution in [-0.4, -0.2) is 5.91 Å². The number of nitrogens with one attached hydrogen (secondary N) is 1. The molecule has 1 heterocycles. The zero-order valence-electron chi connectivity index (χ0n) is 12.1. The number of benzene rings is 1. The van der Waals surface area contributed by atoms with E-state index in [1.807, 2.05) is 11.4 Å². The van der Waals surface area contributed by atoms with Crippen LogP contribution in [0.5, 0.6) is 0 Å². The quantitative estimate of drug-likeness (QED) is 0.810. The Balaban J connectivity index is 1.78. The van der Waals surface area contributed by atoms with Gasteiger partial charge < -0.3 is 5.32 Å². The second kappa shape index (κ2) is 6.50. The number of halogens is 2. The van der Waals surface area contributed by atoms with Crippen LogP contribution in [0.4, 0.5) is 4.39 Å². The summed E-state index contributed by atoms with van der Waals surface area (Å²) in [7, 11) is 0. The topological polar surface area (TPSA) is 29.1 Å². The summed E-state index contributed by atoms with van der Waals surface area (Å²) in [5.41, 5.74) is 0.429. The largest absolute Gasteiger partial charge is 0.350 e. The van der Waals surface area contributed by atoms with Crippen molar-refractivity contribution in [3.63, 3.8) is 0 Å². The molecule has 1 aliphatic rings. The van der Waals surface area contributed by atoms with E-state index in [9.17, 15) is 9.18 Å². The minimum atomic E-state index is -0.498. The van der Waals surface area contributed by atoms with Crippen LogP contribution in [0.2, 0.25) is 0 Å². The van der Waals surface area contributed by atoms with E-state index in [0.717, 1.165) is 40.6 Å². The summed E-state index contributed by atoms with van der Waals surface area (Å²) in [5, 5.41) is 5.07. The highest BCUT2D eigenvalue weighted by atomic mass is 79.9. The molecule has 0 spiro atoms. The van der Waals surface area contributed by atoms with Crippen LogP contribution in [-0.2, 0) is 16.8 Å². The Hall–Kier alpha value is -1.20. The average Bonchev–Trinajstić information content (AvgIpc) is 3.15. The van der Waals surface area contributed by atoms with Crippen molar-refractivity contribution in [1.82, 2.24) is 5.32 Å². The highest BCUT2D eigenvalue weighted by Gasteiger charge is 2.42. The molecule has 116 valence electrons. The first-order valence-corrected chi connectivity index (χ1v) is 9.05. The molecule has 1 aliphatic carbocycles. The van der Waals surface area contributed by atoms with Gasteiger partial charge in [0.2, 0.25) is 5.91 Å².